The molecular formula is C21H29BrO2. The number of methoxy groups -OCH3 is 2. The Bertz CT molecular complexity index is 715. The van der Waals surface area contributed by atoms with Crippen molar-refractivity contribution in [2.75, 3.05) is 14.2 Å². The molecule has 2 aliphatic carbocycles. The molecule has 0 N–H and O–H groups in total. The third-order valence-corrected chi connectivity index (χ3v) is 6.90. The summed E-state index contributed by atoms with van der Waals surface area (Å²) in [6, 6.07) is 0. The number of halogens is 1. The van der Waals surface area contributed by atoms with Crippen LogP contribution in [0.4, 0.5) is 0 Å². The molecule has 24 heavy (non-hydrogen) atoms. The summed E-state index contributed by atoms with van der Waals surface area (Å²) in [6.07, 6.45) is 6.08. The minimum atomic E-state index is 0.0355. The molecule has 0 aliphatic heterocycles. The van der Waals surface area contributed by atoms with Gasteiger partial charge in [0.1, 0.15) is 0 Å². The number of fused-ring (bicyclic) bond motifs is 3. The second-order valence-electron chi connectivity index (χ2n) is 8.37. The summed E-state index contributed by atoms with van der Waals surface area (Å²) in [6.45, 7) is 11.5. The molecule has 0 spiro atoms. The summed E-state index contributed by atoms with van der Waals surface area (Å²) in [5.41, 5.74) is 5.60. The topological polar surface area (TPSA) is 18.5 Å². The molecule has 2 nitrogen and oxygen atoms in total. The third kappa shape index (κ3) is 2.27. The molecule has 0 radical (unpaired) electrons. The van der Waals surface area contributed by atoms with Gasteiger partial charge in [-0.1, -0.05) is 52.7 Å². The van der Waals surface area contributed by atoms with Gasteiger partial charge < -0.3 is 9.47 Å². The summed E-state index contributed by atoms with van der Waals surface area (Å²) in [4.78, 5) is 0. The van der Waals surface area contributed by atoms with Crippen molar-refractivity contribution in [2.45, 2.75) is 65.2 Å². The lowest BCUT2D eigenvalue weighted by Crippen LogP contribution is -2.35. The Balaban J connectivity index is 2.39. The van der Waals surface area contributed by atoms with Crippen LogP contribution < -0.4 is 9.47 Å². The number of hydrogen-bond donors (Lipinski definition) is 0. The predicted molar refractivity (Wildman–Crippen MR) is 104 cm³/mol. The molecule has 1 atom stereocenters. The molecule has 0 heterocycles. The number of rotatable bonds is 3. The average Bonchev–Trinajstić information content (AvgIpc) is 2.82. The molecule has 1 aromatic carbocycles. The Morgan fingerprint density at radius 1 is 1.04 bits per heavy atom. The van der Waals surface area contributed by atoms with E-state index in [0.29, 0.717) is 5.92 Å². The van der Waals surface area contributed by atoms with Crippen LogP contribution >= 0.6 is 15.9 Å². The van der Waals surface area contributed by atoms with E-state index in [1.807, 2.05) is 0 Å². The lowest BCUT2D eigenvalue weighted by Gasteiger charge is -2.44. The van der Waals surface area contributed by atoms with Crippen LogP contribution in [0.15, 0.2) is 10.0 Å². The van der Waals surface area contributed by atoms with E-state index in [4.69, 9.17) is 9.47 Å². The Labute approximate surface area is 154 Å². The van der Waals surface area contributed by atoms with E-state index in [1.165, 1.54) is 40.4 Å². The first-order valence-electron chi connectivity index (χ1n) is 8.89. The van der Waals surface area contributed by atoms with E-state index in [0.717, 1.165) is 11.5 Å². The maximum Gasteiger partial charge on any atom is 0.165 e. The third-order valence-electron chi connectivity index (χ3n) is 6.05. The van der Waals surface area contributed by atoms with Gasteiger partial charge in [0.15, 0.2) is 11.5 Å². The molecule has 0 saturated heterocycles. The van der Waals surface area contributed by atoms with Crippen molar-refractivity contribution in [1.29, 1.82) is 0 Å². The summed E-state index contributed by atoms with van der Waals surface area (Å²) in [5.74, 6) is 2.17. The SMILES string of the molecule is COc1c(OC)c2c(c(Br)c1C(C)C)C=C1C(C)(C)CCCC12C. The molecule has 1 saturated carbocycles. The van der Waals surface area contributed by atoms with Gasteiger partial charge in [-0.3, -0.25) is 0 Å². The highest BCUT2D eigenvalue weighted by Crippen LogP contribution is 2.62. The maximum absolute atomic E-state index is 5.93. The van der Waals surface area contributed by atoms with Crippen LogP contribution in [-0.4, -0.2) is 14.2 Å². The molecule has 1 fully saturated rings. The fraction of sp³-hybridized carbons (Fsp3) is 0.619. The lowest BCUT2D eigenvalue weighted by molar-refractivity contribution is 0.259. The van der Waals surface area contributed by atoms with Gasteiger partial charge in [0, 0.05) is 21.0 Å². The predicted octanol–water partition coefficient (Wildman–Crippen LogP) is 6.45. The fourth-order valence-electron chi connectivity index (χ4n) is 4.97. The minimum Gasteiger partial charge on any atom is -0.493 e. The van der Waals surface area contributed by atoms with Crippen LogP contribution in [0.5, 0.6) is 11.5 Å². The Morgan fingerprint density at radius 2 is 1.67 bits per heavy atom. The number of ether oxygens (including phenoxy) is 2. The summed E-state index contributed by atoms with van der Waals surface area (Å²) in [7, 11) is 3.52. The molecule has 0 aromatic heterocycles. The zero-order chi connectivity index (χ0) is 17.9. The molecule has 1 aromatic rings. The molecule has 0 bridgehead atoms. The summed E-state index contributed by atoms with van der Waals surface area (Å²) in [5, 5.41) is 0. The van der Waals surface area contributed by atoms with E-state index in [1.54, 1.807) is 19.8 Å². The molecular weight excluding hydrogens is 364 g/mol. The first-order valence-corrected chi connectivity index (χ1v) is 9.68. The highest BCUT2D eigenvalue weighted by Gasteiger charge is 2.49. The van der Waals surface area contributed by atoms with Gasteiger partial charge in [-0.05, 0) is 45.7 Å². The van der Waals surface area contributed by atoms with Crippen molar-refractivity contribution >= 4 is 22.0 Å². The quantitative estimate of drug-likeness (QED) is 0.587. The van der Waals surface area contributed by atoms with E-state index in [2.05, 4.69) is 56.6 Å². The number of hydrogen-bond acceptors (Lipinski definition) is 2. The first-order chi connectivity index (χ1) is 11.2. The normalized spacial score (nSPS) is 24.5. The zero-order valence-corrected chi connectivity index (χ0v) is 17.6. The van der Waals surface area contributed by atoms with Gasteiger partial charge in [-0.25, -0.2) is 0 Å². The van der Waals surface area contributed by atoms with Crippen molar-refractivity contribution in [2.24, 2.45) is 5.41 Å². The van der Waals surface area contributed by atoms with Gasteiger partial charge in [0.2, 0.25) is 0 Å². The van der Waals surface area contributed by atoms with Crippen molar-refractivity contribution in [1.82, 2.24) is 0 Å². The molecule has 3 heteroatoms. The van der Waals surface area contributed by atoms with Crippen LogP contribution in [0.1, 0.15) is 76.5 Å². The smallest absolute Gasteiger partial charge is 0.165 e. The van der Waals surface area contributed by atoms with Gasteiger partial charge in [-0.2, -0.15) is 0 Å². The van der Waals surface area contributed by atoms with Gasteiger partial charge in [-0.15, -0.1) is 0 Å². The van der Waals surface area contributed by atoms with Crippen LogP contribution in [0.25, 0.3) is 6.08 Å². The Hall–Kier alpha value is -0.960. The Kier molecular flexibility index (Phi) is 4.31. The van der Waals surface area contributed by atoms with E-state index >= 15 is 0 Å². The van der Waals surface area contributed by atoms with Crippen molar-refractivity contribution in [3.63, 3.8) is 0 Å². The van der Waals surface area contributed by atoms with Gasteiger partial charge >= 0.3 is 0 Å². The van der Waals surface area contributed by atoms with Crippen LogP contribution in [0.3, 0.4) is 0 Å². The zero-order valence-electron chi connectivity index (χ0n) is 16.0. The lowest BCUT2D eigenvalue weighted by atomic mass is 9.60. The van der Waals surface area contributed by atoms with Crippen molar-refractivity contribution in [3.05, 3.63) is 26.7 Å². The van der Waals surface area contributed by atoms with Crippen LogP contribution in [0.2, 0.25) is 0 Å². The van der Waals surface area contributed by atoms with Crippen LogP contribution in [-0.2, 0) is 5.41 Å². The maximum atomic E-state index is 5.93. The highest BCUT2D eigenvalue weighted by atomic mass is 79.9. The van der Waals surface area contributed by atoms with E-state index in [-0.39, 0.29) is 10.8 Å². The molecule has 2 aliphatic rings. The van der Waals surface area contributed by atoms with Crippen LogP contribution in [0, 0.1) is 5.41 Å². The van der Waals surface area contributed by atoms with E-state index in [9.17, 15) is 0 Å². The summed E-state index contributed by atoms with van der Waals surface area (Å²) >= 11 is 3.90. The Morgan fingerprint density at radius 3 is 2.21 bits per heavy atom. The standard InChI is InChI=1S/C21H29BrO2/c1-12(2)15-17(22)13-11-14-20(3,4)9-8-10-21(14,5)16(13)19(24-7)18(15)23-6/h11-12H,8-10H2,1-7H3. The average molecular weight is 393 g/mol. The second-order valence-corrected chi connectivity index (χ2v) is 9.16. The first kappa shape index (κ1) is 17.8. The summed E-state index contributed by atoms with van der Waals surface area (Å²) < 4.78 is 12.9. The number of allylic oxidation sites excluding steroid dienone is 1. The van der Waals surface area contributed by atoms with E-state index < -0.39 is 0 Å². The fourth-order valence-corrected chi connectivity index (χ4v) is 5.92. The van der Waals surface area contributed by atoms with Gasteiger partial charge in [0.25, 0.3) is 0 Å². The largest absolute Gasteiger partial charge is 0.493 e. The number of benzene rings is 1. The minimum absolute atomic E-state index is 0.0355. The molecule has 132 valence electrons. The molecule has 3 rings (SSSR count). The monoisotopic (exact) mass is 392 g/mol. The van der Waals surface area contributed by atoms with Gasteiger partial charge in [0.05, 0.1) is 14.2 Å². The molecule has 1 unspecified atom stereocenters. The second kappa shape index (κ2) is 5.79. The van der Waals surface area contributed by atoms with Crippen molar-refractivity contribution < 1.29 is 9.47 Å². The van der Waals surface area contributed by atoms with Crippen molar-refractivity contribution in [3.8, 4) is 11.5 Å². The highest BCUT2D eigenvalue weighted by molar-refractivity contribution is 9.10. The molecule has 0 amide bonds.